The van der Waals surface area contributed by atoms with Crippen molar-refractivity contribution in [3.63, 3.8) is 0 Å². The van der Waals surface area contributed by atoms with Crippen molar-refractivity contribution in [2.75, 3.05) is 13.1 Å². The largest absolute Gasteiger partial charge is 0.277 e. The molecule has 0 saturated heterocycles. The average molecular weight is 384 g/mol. The van der Waals surface area contributed by atoms with Crippen LogP contribution >= 0.6 is 0 Å². The number of carbonyl (C=O) groups excluding carboxylic acids is 1. The number of rotatable bonds is 4. The summed E-state index contributed by atoms with van der Waals surface area (Å²) >= 11 is 0. The van der Waals surface area contributed by atoms with Crippen LogP contribution in [0.25, 0.3) is 0 Å². The van der Waals surface area contributed by atoms with E-state index in [1.807, 2.05) is 24.8 Å². The highest BCUT2D eigenvalue weighted by molar-refractivity contribution is 7.90. The normalized spacial score (nSPS) is 19.8. The molecule has 7 nitrogen and oxygen atoms in total. The van der Waals surface area contributed by atoms with Gasteiger partial charge < -0.3 is 0 Å². The SMILES string of the molecule is CCN(CC)C1N(C(=O)c2ccccc2)N=C2c3ccccc3S(=O)(=O)N21. The molecule has 0 bridgehead atoms. The van der Waals surface area contributed by atoms with E-state index in [0.29, 0.717) is 30.1 Å². The molecule has 0 aromatic heterocycles. The molecule has 0 saturated carbocycles. The first-order valence-corrected chi connectivity index (χ1v) is 10.3. The van der Waals surface area contributed by atoms with Gasteiger partial charge in [0.25, 0.3) is 15.9 Å². The minimum absolute atomic E-state index is 0.229. The number of sulfonamides is 1. The summed E-state index contributed by atoms with van der Waals surface area (Å²) < 4.78 is 27.7. The van der Waals surface area contributed by atoms with E-state index in [-0.39, 0.29) is 10.8 Å². The molecular formula is C19H20N4O3S. The van der Waals surface area contributed by atoms with E-state index in [2.05, 4.69) is 5.10 Å². The minimum atomic E-state index is -3.78. The summed E-state index contributed by atoms with van der Waals surface area (Å²) in [4.78, 5) is 15.3. The summed E-state index contributed by atoms with van der Waals surface area (Å²) in [5.41, 5.74) is 0.990. The smallest absolute Gasteiger partial charge is 0.267 e. The van der Waals surface area contributed by atoms with Gasteiger partial charge in [0, 0.05) is 11.1 Å². The monoisotopic (exact) mass is 384 g/mol. The van der Waals surface area contributed by atoms with E-state index in [0.717, 1.165) is 0 Å². The molecule has 2 aliphatic rings. The van der Waals surface area contributed by atoms with E-state index in [1.54, 1.807) is 48.5 Å². The molecule has 2 aromatic carbocycles. The molecule has 2 aliphatic heterocycles. The molecule has 140 valence electrons. The van der Waals surface area contributed by atoms with Crippen LogP contribution in [0.4, 0.5) is 0 Å². The summed E-state index contributed by atoms with van der Waals surface area (Å²) in [6, 6.07) is 15.5. The van der Waals surface area contributed by atoms with Crippen LogP contribution < -0.4 is 0 Å². The van der Waals surface area contributed by atoms with Gasteiger partial charge in [-0.3, -0.25) is 9.69 Å². The molecule has 0 aliphatic carbocycles. The van der Waals surface area contributed by atoms with Crippen molar-refractivity contribution in [3.8, 4) is 0 Å². The fourth-order valence-corrected chi connectivity index (χ4v) is 5.25. The number of fused-ring (bicyclic) bond motifs is 3. The lowest BCUT2D eigenvalue weighted by Crippen LogP contribution is -2.55. The molecule has 1 atom stereocenters. The predicted octanol–water partition coefficient (Wildman–Crippen LogP) is 2.13. The van der Waals surface area contributed by atoms with Crippen molar-refractivity contribution < 1.29 is 13.2 Å². The summed E-state index contributed by atoms with van der Waals surface area (Å²) in [6.07, 6.45) is -0.819. The molecular weight excluding hydrogens is 364 g/mol. The van der Waals surface area contributed by atoms with Gasteiger partial charge in [0.15, 0.2) is 12.1 Å². The zero-order valence-corrected chi connectivity index (χ0v) is 15.9. The van der Waals surface area contributed by atoms with Crippen molar-refractivity contribution in [2.24, 2.45) is 5.10 Å². The second kappa shape index (κ2) is 6.47. The van der Waals surface area contributed by atoms with Crippen molar-refractivity contribution in [3.05, 3.63) is 65.7 Å². The maximum Gasteiger partial charge on any atom is 0.277 e. The van der Waals surface area contributed by atoms with Crippen LogP contribution in [0.3, 0.4) is 0 Å². The topological polar surface area (TPSA) is 73.3 Å². The van der Waals surface area contributed by atoms with Gasteiger partial charge in [0.2, 0.25) is 0 Å². The number of amidine groups is 1. The maximum absolute atomic E-state index is 13.2. The third kappa shape index (κ3) is 2.55. The Morgan fingerprint density at radius 3 is 2.33 bits per heavy atom. The Bertz CT molecular complexity index is 1020. The Balaban J connectivity index is 1.87. The second-order valence-electron chi connectivity index (χ2n) is 6.30. The van der Waals surface area contributed by atoms with E-state index in [9.17, 15) is 13.2 Å². The second-order valence-corrected chi connectivity index (χ2v) is 8.09. The first kappa shape index (κ1) is 17.7. The van der Waals surface area contributed by atoms with Gasteiger partial charge in [-0.15, -0.1) is 5.10 Å². The Morgan fingerprint density at radius 1 is 1.04 bits per heavy atom. The van der Waals surface area contributed by atoms with Crippen molar-refractivity contribution in [1.82, 2.24) is 14.2 Å². The molecule has 8 heteroatoms. The molecule has 1 unspecified atom stereocenters. The van der Waals surface area contributed by atoms with Gasteiger partial charge in [0.05, 0.1) is 4.90 Å². The standard InChI is InChI=1S/C19H20N4O3S/c1-3-21(4-2)19-22(18(24)14-10-6-5-7-11-14)20-17-15-12-8-9-13-16(15)27(25,26)23(17)19/h5-13,19H,3-4H2,1-2H3. The quantitative estimate of drug-likeness (QED) is 0.810. The molecule has 0 radical (unpaired) electrons. The number of nitrogens with zero attached hydrogens (tertiary/aromatic N) is 4. The lowest BCUT2D eigenvalue weighted by Gasteiger charge is -2.35. The fraction of sp³-hybridized carbons (Fsp3) is 0.263. The predicted molar refractivity (Wildman–Crippen MR) is 101 cm³/mol. The molecule has 0 fully saturated rings. The zero-order chi connectivity index (χ0) is 19.2. The Kier molecular flexibility index (Phi) is 4.24. The highest BCUT2D eigenvalue weighted by Crippen LogP contribution is 2.38. The number of hydrazone groups is 1. The van der Waals surface area contributed by atoms with Crippen LogP contribution in [0.15, 0.2) is 64.6 Å². The molecule has 1 amide bonds. The van der Waals surface area contributed by atoms with Crippen LogP contribution in [0.2, 0.25) is 0 Å². The summed E-state index contributed by atoms with van der Waals surface area (Å²) in [7, 11) is -3.78. The Hall–Kier alpha value is -2.71. The van der Waals surface area contributed by atoms with Gasteiger partial charge >= 0.3 is 0 Å². The Labute approximate surface area is 158 Å². The highest BCUT2D eigenvalue weighted by Gasteiger charge is 2.52. The maximum atomic E-state index is 13.2. The summed E-state index contributed by atoms with van der Waals surface area (Å²) in [5, 5.41) is 5.75. The van der Waals surface area contributed by atoms with Crippen molar-refractivity contribution in [1.29, 1.82) is 0 Å². The number of benzene rings is 2. The van der Waals surface area contributed by atoms with Crippen LogP contribution in [-0.2, 0) is 10.0 Å². The number of hydrogen-bond acceptors (Lipinski definition) is 5. The van der Waals surface area contributed by atoms with Gasteiger partial charge in [-0.1, -0.05) is 44.2 Å². The van der Waals surface area contributed by atoms with Crippen LogP contribution in [0.5, 0.6) is 0 Å². The number of hydrogen-bond donors (Lipinski definition) is 0. The minimum Gasteiger partial charge on any atom is -0.267 e. The summed E-state index contributed by atoms with van der Waals surface area (Å²) in [5.74, 6) is -0.0335. The van der Waals surface area contributed by atoms with Crippen LogP contribution in [-0.4, -0.2) is 53.8 Å². The lowest BCUT2D eigenvalue weighted by molar-refractivity contribution is 0.0184. The van der Waals surface area contributed by atoms with Crippen LogP contribution in [0.1, 0.15) is 29.8 Å². The van der Waals surface area contributed by atoms with Crippen molar-refractivity contribution in [2.45, 2.75) is 25.0 Å². The molecule has 4 rings (SSSR count). The highest BCUT2D eigenvalue weighted by atomic mass is 32.2. The van der Waals surface area contributed by atoms with Crippen LogP contribution in [0, 0.1) is 0 Å². The molecule has 2 heterocycles. The lowest BCUT2D eigenvalue weighted by atomic mass is 10.2. The van der Waals surface area contributed by atoms with Crippen molar-refractivity contribution >= 4 is 21.8 Å². The molecule has 27 heavy (non-hydrogen) atoms. The van der Waals surface area contributed by atoms with Gasteiger partial charge in [-0.25, -0.2) is 12.7 Å². The number of carbonyl (C=O) groups is 1. The zero-order valence-electron chi connectivity index (χ0n) is 15.1. The molecule has 0 N–H and O–H groups in total. The summed E-state index contributed by atoms with van der Waals surface area (Å²) in [6.45, 7) is 5.01. The fourth-order valence-electron chi connectivity index (χ4n) is 3.52. The van der Waals surface area contributed by atoms with E-state index in [1.165, 1.54) is 9.31 Å². The van der Waals surface area contributed by atoms with E-state index in [4.69, 9.17) is 0 Å². The first-order chi connectivity index (χ1) is 13.0. The van der Waals surface area contributed by atoms with E-state index >= 15 is 0 Å². The Morgan fingerprint density at radius 2 is 1.67 bits per heavy atom. The number of amides is 1. The van der Waals surface area contributed by atoms with Gasteiger partial charge in [-0.2, -0.15) is 5.01 Å². The molecule has 0 spiro atoms. The molecule has 2 aromatic rings. The van der Waals surface area contributed by atoms with E-state index < -0.39 is 16.3 Å². The third-order valence-corrected chi connectivity index (χ3v) is 6.66. The average Bonchev–Trinajstić information content (AvgIpc) is 3.19. The third-order valence-electron chi connectivity index (χ3n) is 4.87. The first-order valence-electron chi connectivity index (χ1n) is 8.85. The van der Waals surface area contributed by atoms with Gasteiger partial charge in [-0.05, 0) is 37.4 Å². The van der Waals surface area contributed by atoms with Gasteiger partial charge in [0.1, 0.15) is 0 Å².